The van der Waals surface area contributed by atoms with Gasteiger partial charge in [0.15, 0.2) is 13.1 Å². The van der Waals surface area contributed by atoms with Crippen molar-refractivity contribution in [2.24, 2.45) is 0 Å². The first-order valence-electron chi connectivity index (χ1n) is 7.44. The third-order valence-electron chi connectivity index (χ3n) is 3.00. The fourth-order valence-corrected chi connectivity index (χ4v) is 2.23. The third-order valence-corrected chi connectivity index (χ3v) is 3.25. The minimum absolute atomic E-state index is 0.00700. The predicted octanol–water partition coefficient (Wildman–Crippen LogP) is 1.32. The van der Waals surface area contributed by atoms with Gasteiger partial charge in [-0.15, -0.1) is 0 Å². The van der Waals surface area contributed by atoms with Crippen LogP contribution in [0.1, 0.15) is 26.7 Å². The fraction of sp³-hybridized carbons (Fsp3) is 0.438. The molecule has 2 N–H and O–H groups in total. The second-order valence-corrected chi connectivity index (χ2v) is 7.06. The second kappa shape index (κ2) is 7.10. The van der Waals surface area contributed by atoms with Gasteiger partial charge in [-0.3, -0.25) is 4.79 Å². The zero-order valence-corrected chi connectivity index (χ0v) is 14.6. The third kappa shape index (κ3) is 5.65. The second-order valence-electron chi connectivity index (χ2n) is 6.63. The van der Waals surface area contributed by atoms with Crippen LogP contribution in [0.2, 0.25) is 5.02 Å². The van der Waals surface area contributed by atoms with Crippen LogP contribution >= 0.6 is 11.6 Å². The van der Waals surface area contributed by atoms with E-state index < -0.39 is 0 Å². The Morgan fingerprint density at radius 3 is 2.57 bits per heavy atom. The average molecular weight is 338 g/mol. The molecular formula is C16H22ClN4O2+. The van der Waals surface area contributed by atoms with Gasteiger partial charge in [0.2, 0.25) is 5.82 Å². The van der Waals surface area contributed by atoms with Gasteiger partial charge in [-0.2, -0.15) is 4.98 Å². The smallest absolute Gasteiger partial charge is 0.282 e. The Kier molecular flexibility index (Phi) is 5.38. The zero-order valence-electron chi connectivity index (χ0n) is 13.8. The van der Waals surface area contributed by atoms with Crippen molar-refractivity contribution in [3.63, 3.8) is 0 Å². The van der Waals surface area contributed by atoms with Crippen LogP contribution in [0.5, 0.6) is 0 Å². The van der Waals surface area contributed by atoms with Crippen molar-refractivity contribution in [1.82, 2.24) is 15.5 Å². The molecule has 0 saturated carbocycles. The summed E-state index contributed by atoms with van der Waals surface area (Å²) in [4.78, 5) is 17.2. The highest BCUT2D eigenvalue weighted by atomic mass is 35.5. The van der Waals surface area contributed by atoms with Crippen LogP contribution < -0.4 is 10.2 Å². The highest BCUT2D eigenvalue weighted by molar-refractivity contribution is 6.30. The number of hydrogen-bond donors (Lipinski definition) is 2. The summed E-state index contributed by atoms with van der Waals surface area (Å²) in [6, 6.07) is 7.23. The minimum Gasteiger partial charge on any atom is -0.347 e. The molecule has 1 unspecified atom stereocenters. The number of quaternary nitrogens is 1. The molecule has 0 aliphatic rings. The van der Waals surface area contributed by atoms with Gasteiger partial charge in [-0.25, -0.2) is 0 Å². The van der Waals surface area contributed by atoms with Gasteiger partial charge < -0.3 is 14.7 Å². The van der Waals surface area contributed by atoms with Crippen LogP contribution in [0.3, 0.4) is 0 Å². The molecule has 1 heterocycles. The average Bonchev–Trinajstić information content (AvgIpc) is 2.85. The lowest BCUT2D eigenvalue weighted by Crippen LogP contribution is -3.09. The molecule has 1 amide bonds. The highest BCUT2D eigenvalue weighted by Gasteiger charge is 2.19. The van der Waals surface area contributed by atoms with E-state index in [4.69, 9.17) is 16.1 Å². The molecule has 0 radical (unpaired) electrons. The number of rotatable bonds is 5. The van der Waals surface area contributed by atoms with Crippen LogP contribution in [-0.2, 0) is 11.3 Å². The van der Waals surface area contributed by atoms with E-state index in [2.05, 4.69) is 15.5 Å². The first-order chi connectivity index (χ1) is 10.7. The van der Waals surface area contributed by atoms with Crippen molar-refractivity contribution in [3.8, 4) is 11.4 Å². The first kappa shape index (κ1) is 17.4. The van der Waals surface area contributed by atoms with Crippen LogP contribution in [0.15, 0.2) is 28.8 Å². The molecule has 0 saturated heterocycles. The van der Waals surface area contributed by atoms with E-state index in [1.54, 1.807) is 12.1 Å². The summed E-state index contributed by atoms with van der Waals surface area (Å²) >= 11 is 5.86. The van der Waals surface area contributed by atoms with Crippen LogP contribution in [0.25, 0.3) is 11.4 Å². The maximum absolute atomic E-state index is 11.9. The van der Waals surface area contributed by atoms with E-state index in [-0.39, 0.29) is 11.4 Å². The lowest BCUT2D eigenvalue weighted by Gasteiger charge is -2.21. The largest absolute Gasteiger partial charge is 0.347 e. The zero-order chi connectivity index (χ0) is 17.0. The normalized spacial score (nSPS) is 12.9. The maximum atomic E-state index is 11.9. The number of carbonyl (C=O) groups excluding carboxylic acids is 1. The molecule has 0 aliphatic heterocycles. The molecular weight excluding hydrogens is 316 g/mol. The Balaban J connectivity index is 1.93. The fourth-order valence-electron chi connectivity index (χ4n) is 2.10. The molecule has 1 atom stereocenters. The Morgan fingerprint density at radius 2 is 1.96 bits per heavy atom. The lowest BCUT2D eigenvalue weighted by atomic mass is 10.1. The number of benzene rings is 1. The molecule has 0 bridgehead atoms. The molecule has 2 rings (SSSR count). The van der Waals surface area contributed by atoms with E-state index in [1.165, 1.54) is 0 Å². The van der Waals surface area contributed by atoms with Crippen molar-refractivity contribution in [3.05, 3.63) is 35.2 Å². The van der Waals surface area contributed by atoms with E-state index in [9.17, 15) is 4.79 Å². The highest BCUT2D eigenvalue weighted by Crippen LogP contribution is 2.18. The molecule has 6 nitrogen and oxygen atoms in total. The molecule has 1 aromatic carbocycles. The number of aromatic nitrogens is 2. The first-order valence-corrected chi connectivity index (χ1v) is 7.81. The summed E-state index contributed by atoms with van der Waals surface area (Å²) in [7, 11) is 1.91. The molecule has 2 aromatic rings. The van der Waals surface area contributed by atoms with Gasteiger partial charge >= 0.3 is 0 Å². The van der Waals surface area contributed by atoms with Gasteiger partial charge in [0.25, 0.3) is 11.8 Å². The lowest BCUT2D eigenvalue weighted by molar-refractivity contribution is -0.886. The number of halogens is 1. The topological polar surface area (TPSA) is 72.5 Å². The number of hydrogen-bond acceptors (Lipinski definition) is 4. The van der Waals surface area contributed by atoms with Gasteiger partial charge in [0.05, 0.1) is 7.05 Å². The molecule has 1 aromatic heterocycles. The summed E-state index contributed by atoms with van der Waals surface area (Å²) < 4.78 is 5.26. The molecule has 124 valence electrons. The van der Waals surface area contributed by atoms with Crippen LogP contribution in [0, 0.1) is 0 Å². The van der Waals surface area contributed by atoms with Crippen molar-refractivity contribution >= 4 is 17.5 Å². The Morgan fingerprint density at radius 1 is 1.30 bits per heavy atom. The van der Waals surface area contributed by atoms with Gasteiger partial charge in [-0.05, 0) is 45.0 Å². The number of likely N-dealkylation sites (N-methyl/N-ethyl adjacent to an activating group) is 1. The number of nitrogens with zero attached hydrogens (tertiary/aromatic N) is 2. The number of carbonyl (C=O) groups is 1. The van der Waals surface area contributed by atoms with Gasteiger partial charge in [-0.1, -0.05) is 16.8 Å². The van der Waals surface area contributed by atoms with Crippen molar-refractivity contribution in [2.45, 2.75) is 32.9 Å². The standard InChI is InChI=1S/C16H21ClN4O2/c1-16(2,3)19-13(22)9-21(4)10-14-18-15(20-23-14)11-5-7-12(17)8-6-11/h5-8H,9-10H2,1-4H3,(H,19,22)/p+1. The van der Waals surface area contributed by atoms with Crippen molar-refractivity contribution in [1.29, 1.82) is 0 Å². The number of nitrogens with one attached hydrogen (secondary N) is 2. The van der Waals surface area contributed by atoms with E-state index in [0.717, 1.165) is 10.5 Å². The van der Waals surface area contributed by atoms with Crippen LogP contribution in [-0.4, -0.2) is 35.2 Å². The van der Waals surface area contributed by atoms with E-state index >= 15 is 0 Å². The maximum Gasteiger partial charge on any atom is 0.282 e. The summed E-state index contributed by atoms with van der Waals surface area (Å²) in [5, 5.41) is 7.56. The van der Waals surface area contributed by atoms with E-state index in [0.29, 0.717) is 29.8 Å². The predicted molar refractivity (Wildman–Crippen MR) is 88.1 cm³/mol. The van der Waals surface area contributed by atoms with Crippen molar-refractivity contribution < 1.29 is 14.2 Å². The van der Waals surface area contributed by atoms with E-state index in [1.807, 2.05) is 40.0 Å². The molecule has 0 spiro atoms. The van der Waals surface area contributed by atoms with Crippen LogP contribution in [0.4, 0.5) is 0 Å². The summed E-state index contributed by atoms with van der Waals surface area (Å²) in [5.74, 6) is 1.01. The minimum atomic E-state index is -0.233. The van der Waals surface area contributed by atoms with Crippen molar-refractivity contribution in [2.75, 3.05) is 13.6 Å². The summed E-state index contributed by atoms with van der Waals surface area (Å²) in [6.07, 6.45) is 0. The van der Waals surface area contributed by atoms with Gasteiger partial charge in [0, 0.05) is 16.1 Å². The SMILES string of the molecule is C[NH+](CC(=O)NC(C)(C)C)Cc1nc(-c2ccc(Cl)cc2)no1. The Hall–Kier alpha value is -1.92. The Bertz CT molecular complexity index is 661. The monoisotopic (exact) mass is 337 g/mol. The molecule has 0 fully saturated rings. The van der Waals surface area contributed by atoms with Gasteiger partial charge in [0.1, 0.15) is 0 Å². The number of amides is 1. The molecule has 7 heteroatoms. The quantitative estimate of drug-likeness (QED) is 0.863. The summed E-state index contributed by atoms with van der Waals surface area (Å²) in [5.41, 5.74) is 0.608. The molecule has 0 aliphatic carbocycles. The Labute approximate surface area is 140 Å². The summed E-state index contributed by atoms with van der Waals surface area (Å²) in [6.45, 7) is 6.69. The molecule has 23 heavy (non-hydrogen) atoms.